The lowest BCUT2D eigenvalue weighted by atomic mass is 9.93. The van der Waals surface area contributed by atoms with Crippen molar-refractivity contribution in [3.05, 3.63) is 22.7 Å². The molecule has 2 aliphatic rings. The van der Waals surface area contributed by atoms with E-state index in [0.29, 0.717) is 29.9 Å². The predicted octanol–water partition coefficient (Wildman–Crippen LogP) is 3.19. The molecule has 3 rings (SSSR count). The second-order valence-electron chi connectivity index (χ2n) is 6.28. The number of carboxylic acids is 1. The van der Waals surface area contributed by atoms with Gasteiger partial charge in [-0.15, -0.1) is 0 Å². The van der Waals surface area contributed by atoms with E-state index in [1.807, 2.05) is 12.1 Å². The monoisotopic (exact) mass is 339 g/mol. The molecule has 0 bridgehead atoms. The fourth-order valence-electron chi connectivity index (χ4n) is 3.37. The number of fused-ring (bicyclic) bond motifs is 1. The molecule has 0 saturated carbocycles. The van der Waals surface area contributed by atoms with Gasteiger partial charge in [0.1, 0.15) is 13.2 Å². The van der Waals surface area contributed by atoms with Crippen molar-refractivity contribution in [3.8, 4) is 11.5 Å². The van der Waals surface area contributed by atoms with Crippen LogP contribution >= 0.6 is 11.6 Å². The summed E-state index contributed by atoms with van der Waals surface area (Å²) >= 11 is 6.29. The second-order valence-corrected chi connectivity index (χ2v) is 6.68. The molecule has 1 N–H and O–H groups in total. The normalized spacial score (nSPS) is 21.2. The van der Waals surface area contributed by atoms with Crippen LogP contribution in [0.1, 0.15) is 31.2 Å². The minimum Gasteiger partial charge on any atom is -0.486 e. The summed E-state index contributed by atoms with van der Waals surface area (Å²) in [6.07, 6.45) is 3.25. The van der Waals surface area contributed by atoms with Crippen LogP contribution in [-0.2, 0) is 11.3 Å². The Morgan fingerprint density at radius 2 is 2.17 bits per heavy atom. The number of rotatable bonds is 5. The van der Waals surface area contributed by atoms with Crippen LogP contribution in [0.2, 0.25) is 5.02 Å². The largest absolute Gasteiger partial charge is 0.486 e. The summed E-state index contributed by atoms with van der Waals surface area (Å²) in [5.74, 6) is 1.12. The quantitative estimate of drug-likeness (QED) is 0.892. The summed E-state index contributed by atoms with van der Waals surface area (Å²) < 4.78 is 11.2. The van der Waals surface area contributed by atoms with E-state index in [1.165, 1.54) is 0 Å². The minimum atomic E-state index is -0.708. The van der Waals surface area contributed by atoms with E-state index < -0.39 is 5.97 Å². The molecule has 0 aliphatic carbocycles. The fourth-order valence-corrected chi connectivity index (χ4v) is 3.66. The smallest absolute Gasteiger partial charge is 0.303 e. The maximum atomic E-state index is 10.7. The Morgan fingerprint density at radius 1 is 1.35 bits per heavy atom. The van der Waals surface area contributed by atoms with Gasteiger partial charge in [-0.2, -0.15) is 0 Å². The van der Waals surface area contributed by atoms with Crippen LogP contribution in [0.5, 0.6) is 11.5 Å². The number of ether oxygens (including phenoxy) is 2. The Morgan fingerprint density at radius 3 is 3.00 bits per heavy atom. The molecule has 2 heterocycles. The molecule has 1 unspecified atom stereocenters. The van der Waals surface area contributed by atoms with E-state index in [4.69, 9.17) is 26.2 Å². The predicted molar refractivity (Wildman–Crippen MR) is 87.3 cm³/mol. The van der Waals surface area contributed by atoms with Gasteiger partial charge in [0, 0.05) is 19.5 Å². The molecule has 5 nitrogen and oxygen atoms in total. The molecule has 23 heavy (non-hydrogen) atoms. The maximum absolute atomic E-state index is 10.7. The Bertz CT molecular complexity index is 578. The van der Waals surface area contributed by atoms with Crippen LogP contribution in [-0.4, -0.2) is 42.3 Å². The van der Waals surface area contributed by atoms with Crippen LogP contribution < -0.4 is 9.47 Å². The van der Waals surface area contributed by atoms with Gasteiger partial charge in [0.2, 0.25) is 0 Å². The molecule has 1 fully saturated rings. The lowest BCUT2D eigenvalue weighted by Crippen LogP contribution is -2.35. The molecule has 126 valence electrons. The Kier molecular flexibility index (Phi) is 5.28. The highest BCUT2D eigenvalue weighted by Gasteiger charge is 2.22. The van der Waals surface area contributed by atoms with E-state index in [-0.39, 0.29) is 6.42 Å². The van der Waals surface area contributed by atoms with Crippen molar-refractivity contribution in [1.29, 1.82) is 0 Å². The molecule has 0 radical (unpaired) electrons. The van der Waals surface area contributed by atoms with Crippen molar-refractivity contribution in [2.75, 3.05) is 26.3 Å². The van der Waals surface area contributed by atoms with Crippen LogP contribution in [0, 0.1) is 5.92 Å². The van der Waals surface area contributed by atoms with Crippen molar-refractivity contribution >= 4 is 17.6 Å². The highest BCUT2D eigenvalue weighted by atomic mass is 35.5. The average Bonchev–Trinajstić information content (AvgIpc) is 2.53. The number of nitrogens with zero attached hydrogens (tertiary/aromatic N) is 1. The van der Waals surface area contributed by atoms with Crippen LogP contribution in [0.4, 0.5) is 0 Å². The summed E-state index contributed by atoms with van der Waals surface area (Å²) in [7, 11) is 0. The number of piperidine rings is 1. The molecular weight excluding hydrogens is 318 g/mol. The van der Waals surface area contributed by atoms with Gasteiger partial charge in [-0.05, 0) is 49.4 Å². The lowest BCUT2D eigenvalue weighted by molar-refractivity contribution is -0.137. The van der Waals surface area contributed by atoms with Crippen molar-refractivity contribution < 1.29 is 19.4 Å². The van der Waals surface area contributed by atoms with Gasteiger partial charge in [0.25, 0.3) is 0 Å². The highest BCUT2D eigenvalue weighted by Crippen LogP contribution is 2.38. The third-order valence-electron chi connectivity index (χ3n) is 4.43. The summed E-state index contributed by atoms with van der Waals surface area (Å²) in [6, 6.07) is 3.94. The molecular formula is C17H22ClNO4. The molecule has 1 aromatic carbocycles. The number of benzene rings is 1. The zero-order chi connectivity index (χ0) is 16.2. The summed E-state index contributed by atoms with van der Waals surface area (Å²) in [5, 5.41) is 9.43. The summed E-state index contributed by atoms with van der Waals surface area (Å²) in [6.45, 7) is 3.87. The second kappa shape index (κ2) is 7.41. The van der Waals surface area contributed by atoms with Gasteiger partial charge in [0.15, 0.2) is 11.5 Å². The molecule has 0 spiro atoms. The van der Waals surface area contributed by atoms with Gasteiger partial charge < -0.3 is 14.6 Å². The zero-order valence-corrected chi connectivity index (χ0v) is 13.8. The van der Waals surface area contributed by atoms with Crippen molar-refractivity contribution in [1.82, 2.24) is 4.90 Å². The molecule has 1 saturated heterocycles. The Balaban J connectivity index is 1.62. The first-order chi connectivity index (χ1) is 11.1. The maximum Gasteiger partial charge on any atom is 0.303 e. The summed E-state index contributed by atoms with van der Waals surface area (Å²) in [5.41, 5.74) is 1.11. The first-order valence-electron chi connectivity index (χ1n) is 8.14. The number of halogens is 1. The fraction of sp³-hybridized carbons (Fsp3) is 0.588. The van der Waals surface area contributed by atoms with E-state index in [0.717, 1.165) is 50.2 Å². The third-order valence-corrected chi connectivity index (χ3v) is 4.71. The topological polar surface area (TPSA) is 59.0 Å². The van der Waals surface area contributed by atoms with Crippen LogP contribution in [0.15, 0.2) is 12.1 Å². The Hall–Kier alpha value is -1.46. The number of hydrogen-bond acceptors (Lipinski definition) is 4. The van der Waals surface area contributed by atoms with Crippen molar-refractivity contribution in [2.24, 2.45) is 5.92 Å². The first-order valence-corrected chi connectivity index (χ1v) is 8.52. The third kappa shape index (κ3) is 4.30. The van der Waals surface area contributed by atoms with Gasteiger partial charge in [-0.3, -0.25) is 9.69 Å². The van der Waals surface area contributed by atoms with E-state index in [9.17, 15) is 4.79 Å². The van der Waals surface area contributed by atoms with Gasteiger partial charge in [-0.25, -0.2) is 0 Å². The molecule has 2 aliphatic heterocycles. The average molecular weight is 340 g/mol. The van der Waals surface area contributed by atoms with Crippen LogP contribution in [0.3, 0.4) is 0 Å². The number of carboxylic acid groups (broad SMARTS) is 1. The SMILES string of the molecule is O=C(O)CCC1CCCN(Cc2cc(Cl)c3c(c2)OCCO3)C1. The van der Waals surface area contributed by atoms with Crippen molar-refractivity contribution in [2.45, 2.75) is 32.2 Å². The van der Waals surface area contributed by atoms with Gasteiger partial charge in [-0.1, -0.05) is 11.6 Å². The number of likely N-dealkylation sites (tertiary alicyclic amines) is 1. The van der Waals surface area contributed by atoms with Gasteiger partial charge in [0.05, 0.1) is 5.02 Å². The van der Waals surface area contributed by atoms with Crippen LogP contribution in [0.25, 0.3) is 0 Å². The molecule has 6 heteroatoms. The lowest BCUT2D eigenvalue weighted by Gasteiger charge is -2.33. The Labute approximate surface area is 141 Å². The molecule has 1 atom stereocenters. The molecule has 1 aromatic rings. The number of carbonyl (C=O) groups is 1. The van der Waals surface area contributed by atoms with E-state index in [1.54, 1.807) is 0 Å². The summed E-state index contributed by atoms with van der Waals surface area (Å²) in [4.78, 5) is 13.1. The first kappa shape index (κ1) is 16.4. The van der Waals surface area contributed by atoms with E-state index >= 15 is 0 Å². The number of aliphatic carboxylic acids is 1. The minimum absolute atomic E-state index is 0.258. The number of hydrogen-bond donors (Lipinski definition) is 1. The molecule has 0 amide bonds. The highest BCUT2D eigenvalue weighted by molar-refractivity contribution is 6.32. The molecule has 0 aromatic heterocycles. The van der Waals surface area contributed by atoms with Crippen molar-refractivity contribution in [3.63, 3.8) is 0 Å². The van der Waals surface area contributed by atoms with E-state index in [2.05, 4.69) is 4.90 Å². The van der Waals surface area contributed by atoms with Gasteiger partial charge >= 0.3 is 5.97 Å². The zero-order valence-electron chi connectivity index (χ0n) is 13.1. The standard InChI is InChI=1S/C17H22ClNO4/c18-14-8-13(9-15-17(14)23-7-6-22-15)11-19-5-1-2-12(10-19)3-4-16(20)21/h8-9,12H,1-7,10-11H2,(H,20,21).